The van der Waals surface area contributed by atoms with E-state index in [0.717, 1.165) is 0 Å². The number of amides is 1. The summed E-state index contributed by atoms with van der Waals surface area (Å²) in [4.78, 5) is 34.2. The molecule has 3 N–H and O–H groups in total. The van der Waals surface area contributed by atoms with E-state index in [2.05, 4.69) is 14.8 Å². The van der Waals surface area contributed by atoms with E-state index in [1.54, 1.807) is 0 Å². The molecule has 7 nitrogen and oxygen atoms in total. The molecular weight excluding hydrogens is 252 g/mol. The van der Waals surface area contributed by atoms with Crippen molar-refractivity contribution < 1.29 is 23.9 Å². The maximum atomic E-state index is 11.6. The summed E-state index contributed by atoms with van der Waals surface area (Å²) in [5.41, 5.74) is 6.00. The second kappa shape index (κ2) is 5.85. The van der Waals surface area contributed by atoms with E-state index < -0.39 is 11.9 Å². The number of esters is 2. The van der Waals surface area contributed by atoms with Crippen molar-refractivity contribution >= 4 is 29.2 Å². The minimum atomic E-state index is -0.730. The molecule has 0 aliphatic rings. The summed E-state index contributed by atoms with van der Waals surface area (Å²) in [6.07, 6.45) is 0. The van der Waals surface area contributed by atoms with Crippen LogP contribution in [-0.4, -0.2) is 32.1 Å². The van der Waals surface area contributed by atoms with E-state index in [9.17, 15) is 14.4 Å². The quantitative estimate of drug-likeness (QED) is 0.619. The minimum Gasteiger partial charge on any atom is -0.465 e. The van der Waals surface area contributed by atoms with E-state index in [1.807, 2.05) is 0 Å². The van der Waals surface area contributed by atoms with E-state index in [4.69, 9.17) is 5.73 Å². The Bertz CT molecular complexity index is 539. The average Bonchev–Trinajstić information content (AvgIpc) is 2.38. The standard InChI is InChI=1S/C12H14N2O5/c1-6(15)14-10-5-8(12(17)19-3)7(4-9(10)13)11(16)18-2/h4-5H,13H2,1-3H3,(H,14,15). The Kier molecular flexibility index (Phi) is 4.46. The molecule has 0 fully saturated rings. The highest BCUT2D eigenvalue weighted by molar-refractivity contribution is 6.06. The highest BCUT2D eigenvalue weighted by Crippen LogP contribution is 2.25. The van der Waals surface area contributed by atoms with Crippen LogP contribution < -0.4 is 11.1 Å². The summed E-state index contributed by atoms with van der Waals surface area (Å²) in [7, 11) is 2.36. The number of anilines is 2. The third-order valence-electron chi connectivity index (χ3n) is 2.31. The van der Waals surface area contributed by atoms with Crippen molar-refractivity contribution in [1.29, 1.82) is 0 Å². The normalized spacial score (nSPS) is 9.63. The molecule has 0 aliphatic carbocycles. The van der Waals surface area contributed by atoms with Crippen LogP contribution in [0, 0.1) is 0 Å². The third kappa shape index (κ3) is 3.21. The van der Waals surface area contributed by atoms with E-state index >= 15 is 0 Å². The number of carbonyl (C=O) groups is 3. The topological polar surface area (TPSA) is 108 Å². The van der Waals surface area contributed by atoms with Gasteiger partial charge in [0.2, 0.25) is 5.91 Å². The molecule has 0 aromatic heterocycles. The molecule has 0 spiro atoms. The number of ether oxygens (including phenoxy) is 2. The molecule has 19 heavy (non-hydrogen) atoms. The van der Waals surface area contributed by atoms with Crippen LogP contribution >= 0.6 is 0 Å². The van der Waals surface area contributed by atoms with Gasteiger partial charge in [-0.05, 0) is 12.1 Å². The Hall–Kier alpha value is -2.57. The molecule has 0 radical (unpaired) electrons. The highest BCUT2D eigenvalue weighted by Gasteiger charge is 2.21. The molecule has 0 unspecified atom stereocenters. The summed E-state index contributed by atoms with van der Waals surface area (Å²) in [6, 6.07) is 2.53. The Morgan fingerprint density at radius 3 is 1.95 bits per heavy atom. The van der Waals surface area contributed by atoms with E-state index in [0.29, 0.717) is 0 Å². The minimum absolute atomic E-state index is 0.0269. The summed E-state index contributed by atoms with van der Waals surface area (Å²) in [6.45, 7) is 1.30. The first-order chi connectivity index (χ1) is 8.90. The summed E-state index contributed by atoms with van der Waals surface area (Å²) >= 11 is 0. The molecule has 102 valence electrons. The molecule has 1 rings (SSSR count). The highest BCUT2D eigenvalue weighted by atomic mass is 16.5. The number of nitrogens with two attached hydrogens (primary N) is 1. The fraction of sp³-hybridized carbons (Fsp3) is 0.250. The third-order valence-corrected chi connectivity index (χ3v) is 2.31. The van der Waals surface area contributed by atoms with Crippen molar-refractivity contribution in [3.05, 3.63) is 23.3 Å². The van der Waals surface area contributed by atoms with Crippen LogP contribution in [0.3, 0.4) is 0 Å². The molecule has 1 aromatic carbocycles. The lowest BCUT2D eigenvalue weighted by molar-refractivity contribution is -0.114. The van der Waals surface area contributed by atoms with Crippen molar-refractivity contribution in [2.75, 3.05) is 25.3 Å². The van der Waals surface area contributed by atoms with Crippen molar-refractivity contribution in [2.24, 2.45) is 0 Å². The first kappa shape index (κ1) is 14.5. The lowest BCUT2D eigenvalue weighted by atomic mass is 10.0. The molecule has 0 saturated heterocycles. The van der Waals surface area contributed by atoms with Crippen molar-refractivity contribution in [2.45, 2.75) is 6.92 Å². The fourth-order valence-corrected chi connectivity index (χ4v) is 1.47. The Labute approximate surface area is 109 Å². The van der Waals surface area contributed by atoms with Gasteiger partial charge in [-0.3, -0.25) is 4.79 Å². The Morgan fingerprint density at radius 2 is 1.53 bits per heavy atom. The number of nitrogen functional groups attached to an aromatic ring is 1. The van der Waals surface area contributed by atoms with Crippen LogP contribution in [0.25, 0.3) is 0 Å². The van der Waals surface area contributed by atoms with Gasteiger partial charge in [-0.2, -0.15) is 0 Å². The van der Waals surface area contributed by atoms with Crippen LogP contribution in [0.5, 0.6) is 0 Å². The molecular formula is C12H14N2O5. The van der Waals surface area contributed by atoms with Gasteiger partial charge in [0.1, 0.15) is 0 Å². The maximum absolute atomic E-state index is 11.6. The van der Waals surface area contributed by atoms with Crippen LogP contribution in [0.2, 0.25) is 0 Å². The predicted octanol–water partition coefficient (Wildman–Crippen LogP) is 0.800. The lowest BCUT2D eigenvalue weighted by Crippen LogP contribution is -2.15. The SMILES string of the molecule is COC(=O)c1cc(N)c(NC(C)=O)cc1C(=O)OC. The number of methoxy groups -OCH3 is 2. The van der Waals surface area contributed by atoms with Gasteiger partial charge in [0.25, 0.3) is 0 Å². The number of carbonyl (C=O) groups excluding carboxylic acids is 3. The zero-order valence-corrected chi connectivity index (χ0v) is 10.8. The molecule has 0 aliphatic heterocycles. The molecule has 0 atom stereocenters. The number of hydrogen-bond donors (Lipinski definition) is 2. The number of nitrogens with one attached hydrogen (secondary N) is 1. The van der Waals surface area contributed by atoms with Gasteiger partial charge in [-0.15, -0.1) is 0 Å². The van der Waals surface area contributed by atoms with Gasteiger partial charge in [0, 0.05) is 6.92 Å². The second-order valence-corrected chi connectivity index (χ2v) is 3.65. The van der Waals surface area contributed by atoms with Crippen molar-refractivity contribution in [1.82, 2.24) is 0 Å². The largest absolute Gasteiger partial charge is 0.465 e. The smallest absolute Gasteiger partial charge is 0.338 e. The van der Waals surface area contributed by atoms with Gasteiger partial charge in [0.05, 0.1) is 36.7 Å². The van der Waals surface area contributed by atoms with Crippen LogP contribution in [0.15, 0.2) is 12.1 Å². The molecule has 7 heteroatoms. The molecule has 0 saturated carbocycles. The summed E-state index contributed by atoms with van der Waals surface area (Å²) < 4.78 is 9.13. The average molecular weight is 266 g/mol. The molecule has 1 aromatic rings. The van der Waals surface area contributed by atoms with E-state index in [1.165, 1.54) is 33.3 Å². The van der Waals surface area contributed by atoms with Gasteiger partial charge in [-0.1, -0.05) is 0 Å². The first-order valence-electron chi connectivity index (χ1n) is 5.28. The fourth-order valence-electron chi connectivity index (χ4n) is 1.47. The molecule has 0 heterocycles. The first-order valence-corrected chi connectivity index (χ1v) is 5.28. The van der Waals surface area contributed by atoms with Crippen molar-refractivity contribution in [3.63, 3.8) is 0 Å². The summed E-state index contributed by atoms with van der Waals surface area (Å²) in [5, 5.41) is 2.45. The van der Waals surface area contributed by atoms with Gasteiger partial charge in [0.15, 0.2) is 0 Å². The summed E-state index contributed by atoms with van der Waals surface area (Å²) in [5.74, 6) is -1.80. The number of hydrogen-bond acceptors (Lipinski definition) is 6. The van der Waals surface area contributed by atoms with Gasteiger partial charge in [-0.25, -0.2) is 9.59 Å². The molecule has 0 bridgehead atoms. The van der Waals surface area contributed by atoms with Gasteiger partial charge < -0.3 is 20.5 Å². The lowest BCUT2D eigenvalue weighted by Gasteiger charge is -2.12. The zero-order valence-electron chi connectivity index (χ0n) is 10.8. The van der Waals surface area contributed by atoms with Crippen molar-refractivity contribution in [3.8, 4) is 0 Å². The zero-order chi connectivity index (χ0) is 14.6. The van der Waals surface area contributed by atoms with E-state index in [-0.39, 0.29) is 28.4 Å². The van der Waals surface area contributed by atoms with Gasteiger partial charge >= 0.3 is 11.9 Å². The Balaban J connectivity index is 3.40. The predicted molar refractivity (Wildman–Crippen MR) is 67.8 cm³/mol. The van der Waals surface area contributed by atoms with Crippen LogP contribution in [-0.2, 0) is 14.3 Å². The van der Waals surface area contributed by atoms with Crippen LogP contribution in [0.4, 0.5) is 11.4 Å². The monoisotopic (exact) mass is 266 g/mol. The van der Waals surface area contributed by atoms with Crippen LogP contribution in [0.1, 0.15) is 27.6 Å². The molecule has 1 amide bonds. The number of benzene rings is 1. The maximum Gasteiger partial charge on any atom is 0.338 e. The Morgan fingerprint density at radius 1 is 1.05 bits per heavy atom. The second-order valence-electron chi connectivity index (χ2n) is 3.65. The number of rotatable bonds is 3.